The van der Waals surface area contributed by atoms with E-state index in [4.69, 9.17) is 33.5 Å². The van der Waals surface area contributed by atoms with E-state index in [9.17, 15) is 28.8 Å². The van der Waals surface area contributed by atoms with E-state index in [-0.39, 0.29) is 38.1 Å². The number of amides is 4. The maximum absolute atomic E-state index is 13.4. The maximum atomic E-state index is 13.4. The van der Waals surface area contributed by atoms with Crippen LogP contribution >= 0.6 is 0 Å². The summed E-state index contributed by atoms with van der Waals surface area (Å²) >= 11 is 0. The molecule has 0 aliphatic carbocycles. The summed E-state index contributed by atoms with van der Waals surface area (Å²) in [7, 11) is 0. The second kappa shape index (κ2) is 22.3. The molecule has 4 amide bonds. The van der Waals surface area contributed by atoms with Crippen LogP contribution < -0.4 is 21.3 Å². The topological polar surface area (TPSA) is 240 Å². The Morgan fingerprint density at radius 2 is 1.02 bits per heavy atom. The highest BCUT2D eigenvalue weighted by Crippen LogP contribution is 2.17. The van der Waals surface area contributed by atoms with Crippen molar-refractivity contribution in [2.45, 2.75) is 125 Å². The van der Waals surface area contributed by atoms with Gasteiger partial charge in [-0.2, -0.15) is 4.89 Å². The molecule has 1 rings (SSSR count). The first-order chi connectivity index (χ1) is 26.1. The third-order valence-electron chi connectivity index (χ3n) is 6.22. The molecule has 0 saturated heterocycles. The molecule has 0 radical (unpaired) electrons. The number of aliphatic imine (C=N–C) groups is 2. The molecule has 1 aromatic carbocycles. The highest BCUT2D eigenvalue weighted by Gasteiger charge is 2.30. The zero-order valence-electron chi connectivity index (χ0n) is 35.3. The normalized spacial score (nSPS) is 12.6. The van der Waals surface area contributed by atoms with Gasteiger partial charge in [-0.25, -0.2) is 24.0 Å². The smallest absolute Gasteiger partial charge is 0.414 e. The number of ether oxygens (including phenoxy) is 5. The van der Waals surface area contributed by atoms with Crippen LogP contribution in [0.3, 0.4) is 0 Å². The molecule has 0 heterocycles. The number of nitrogens with one attached hydrogen (secondary N) is 4. The van der Waals surface area contributed by atoms with Crippen molar-refractivity contribution in [3.8, 4) is 0 Å². The molecule has 19 nitrogen and oxygen atoms in total. The Hall–Kier alpha value is -5.46. The van der Waals surface area contributed by atoms with E-state index in [1.165, 1.54) is 0 Å². The summed E-state index contributed by atoms with van der Waals surface area (Å²) in [5.74, 6) is -4.26. The Labute approximate surface area is 334 Å². The minimum atomic E-state index is -1.15. The number of carbonyl (C=O) groups is 6. The standard InChI is InChI=1S/C38H60N6O13/c1-24(22-51-27(45)19-20-39-29(41-31(47)53-35(2,3)4)42-32(48)54-36(5,6)7)26(28(46)57-52-23-25-17-15-14-16-18-25)21-40-30(43-33(49)55-37(8,9)10)44-34(50)56-38(11,12)13/h14-18,24,26H,19-23H2,1-13H3,(H2,39,41,42,47,48)(H2,40,43,44,49,50). The van der Waals surface area contributed by atoms with Gasteiger partial charge < -0.3 is 23.7 Å². The lowest BCUT2D eigenvalue weighted by Crippen LogP contribution is -2.47. The Balaban J connectivity index is 3.19. The van der Waals surface area contributed by atoms with Gasteiger partial charge in [-0.05, 0) is 88.6 Å². The van der Waals surface area contributed by atoms with Crippen LogP contribution in [-0.4, -0.2) is 90.3 Å². The van der Waals surface area contributed by atoms with Crippen molar-refractivity contribution in [2.75, 3.05) is 19.7 Å². The number of carbonyl (C=O) groups excluding carboxylic acids is 6. The Kier molecular flexibility index (Phi) is 19.4. The third kappa shape index (κ3) is 25.3. The van der Waals surface area contributed by atoms with Crippen LogP contribution in [0.25, 0.3) is 0 Å². The summed E-state index contributed by atoms with van der Waals surface area (Å²) in [5, 5.41) is 9.32. The highest BCUT2D eigenvalue weighted by molar-refractivity contribution is 6.02. The number of benzene rings is 1. The van der Waals surface area contributed by atoms with Gasteiger partial charge in [0.25, 0.3) is 0 Å². The van der Waals surface area contributed by atoms with E-state index in [1.807, 2.05) is 6.07 Å². The molecule has 0 saturated carbocycles. The van der Waals surface area contributed by atoms with Crippen LogP contribution in [0.15, 0.2) is 40.3 Å². The average Bonchev–Trinajstić information content (AvgIpc) is 3.00. The number of nitrogens with zero attached hydrogens (tertiary/aromatic N) is 2. The van der Waals surface area contributed by atoms with Gasteiger partial charge >= 0.3 is 36.3 Å². The number of esters is 1. The second-order valence-corrected chi connectivity index (χ2v) is 16.6. The summed E-state index contributed by atoms with van der Waals surface area (Å²) < 4.78 is 26.4. The molecular formula is C38H60N6O13. The summed E-state index contributed by atoms with van der Waals surface area (Å²) in [6, 6.07) is 8.92. The summed E-state index contributed by atoms with van der Waals surface area (Å²) in [6.45, 7) is 20.3. The molecule has 0 aromatic heterocycles. The minimum Gasteiger partial charge on any atom is -0.465 e. The van der Waals surface area contributed by atoms with Crippen molar-refractivity contribution < 1.29 is 62.2 Å². The zero-order valence-corrected chi connectivity index (χ0v) is 35.3. The number of hydrogen-bond acceptors (Lipinski definition) is 15. The van der Waals surface area contributed by atoms with E-state index in [0.717, 1.165) is 5.56 Å². The van der Waals surface area contributed by atoms with Crippen LogP contribution in [0.4, 0.5) is 19.2 Å². The zero-order chi connectivity index (χ0) is 43.6. The van der Waals surface area contributed by atoms with E-state index >= 15 is 0 Å². The van der Waals surface area contributed by atoms with Gasteiger partial charge in [0.2, 0.25) is 11.9 Å². The summed E-state index contributed by atoms with van der Waals surface area (Å²) in [5.41, 5.74) is -2.76. The molecule has 4 N–H and O–H groups in total. The lowest BCUT2D eigenvalue weighted by molar-refractivity contribution is -0.284. The second-order valence-electron chi connectivity index (χ2n) is 16.6. The van der Waals surface area contributed by atoms with Gasteiger partial charge in [0.1, 0.15) is 29.0 Å². The first kappa shape index (κ1) is 49.6. The number of hydrogen-bond donors (Lipinski definition) is 4. The minimum absolute atomic E-state index is 0.0638. The molecule has 57 heavy (non-hydrogen) atoms. The Bertz CT molecular complexity index is 1510. The predicted octanol–water partition coefficient (Wildman–Crippen LogP) is 5.66. The molecule has 0 spiro atoms. The van der Waals surface area contributed by atoms with E-state index in [0.29, 0.717) is 0 Å². The quantitative estimate of drug-likeness (QED) is 0.0499. The van der Waals surface area contributed by atoms with Crippen molar-refractivity contribution in [1.82, 2.24) is 21.3 Å². The van der Waals surface area contributed by atoms with Gasteiger partial charge in [0.05, 0.1) is 32.0 Å². The van der Waals surface area contributed by atoms with Crippen molar-refractivity contribution in [1.29, 1.82) is 0 Å². The predicted molar refractivity (Wildman–Crippen MR) is 208 cm³/mol. The highest BCUT2D eigenvalue weighted by atomic mass is 17.2. The molecule has 2 atom stereocenters. The maximum Gasteiger partial charge on any atom is 0.414 e. The molecule has 19 heteroatoms. The monoisotopic (exact) mass is 808 g/mol. The summed E-state index contributed by atoms with van der Waals surface area (Å²) in [4.78, 5) is 94.7. The largest absolute Gasteiger partial charge is 0.465 e. The van der Waals surface area contributed by atoms with Crippen LogP contribution in [0.1, 0.15) is 102 Å². The van der Waals surface area contributed by atoms with E-state index in [1.54, 1.807) is 114 Å². The molecule has 2 unspecified atom stereocenters. The molecule has 0 aliphatic rings. The van der Waals surface area contributed by atoms with Crippen molar-refractivity contribution in [2.24, 2.45) is 21.8 Å². The van der Waals surface area contributed by atoms with E-state index in [2.05, 4.69) is 31.3 Å². The summed E-state index contributed by atoms with van der Waals surface area (Å²) in [6.07, 6.45) is -4.02. The SMILES string of the molecule is CC(COC(=O)CCN=C(NC(=O)OC(C)(C)C)NC(=O)OC(C)(C)C)C(CN=C(NC(=O)OC(C)(C)C)NC(=O)OC(C)(C)C)C(=O)OOCc1ccccc1. The average molecular weight is 809 g/mol. The third-order valence-corrected chi connectivity index (χ3v) is 6.22. The molecule has 1 aromatic rings. The van der Waals surface area contributed by atoms with Crippen molar-refractivity contribution >= 4 is 48.2 Å². The van der Waals surface area contributed by atoms with Gasteiger partial charge in [0, 0.05) is 5.92 Å². The number of alkyl carbamates (subject to hydrolysis) is 4. The molecule has 0 aliphatic heterocycles. The first-order valence-corrected chi connectivity index (χ1v) is 18.2. The number of rotatable bonds is 12. The van der Waals surface area contributed by atoms with Gasteiger partial charge in [0.15, 0.2) is 0 Å². The molecule has 0 bridgehead atoms. The van der Waals surface area contributed by atoms with Gasteiger partial charge in [-0.3, -0.25) is 40.9 Å². The molecular weight excluding hydrogens is 748 g/mol. The Morgan fingerprint density at radius 3 is 1.42 bits per heavy atom. The van der Waals surface area contributed by atoms with Crippen molar-refractivity contribution in [3.63, 3.8) is 0 Å². The molecule has 320 valence electrons. The van der Waals surface area contributed by atoms with Crippen LogP contribution in [-0.2, 0) is 49.7 Å². The fraction of sp³-hybridized carbons (Fsp3) is 0.632. The van der Waals surface area contributed by atoms with Crippen LogP contribution in [0, 0.1) is 11.8 Å². The number of guanidine groups is 2. The fourth-order valence-corrected chi connectivity index (χ4v) is 3.96. The van der Waals surface area contributed by atoms with Gasteiger partial charge in [-0.1, -0.05) is 37.3 Å². The fourth-order valence-electron chi connectivity index (χ4n) is 3.96. The van der Waals surface area contributed by atoms with Crippen LogP contribution in [0.5, 0.6) is 0 Å². The van der Waals surface area contributed by atoms with Crippen LogP contribution in [0.2, 0.25) is 0 Å². The lowest BCUT2D eigenvalue weighted by Gasteiger charge is -2.23. The molecule has 0 fully saturated rings. The van der Waals surface area contributed by atoms with Gasteiger partial charge in [-0.15, -0.1) is 0 Å². The first-order valence-electron chi connectivity index (χ1n) is 18.2. The van der Waals surface area contributed by atoms with E-state index < -0.39 is 77.1 Å². The lowest BCUT2D eigenvalue weighted by atomic mass is 9.95. The van der Waals surface area contributed by atoms with Crippen molar-refractivity contribution in [3.05, 3.63) is 35.9 Å². The Morgan fingerprint density at radius 1 is 0.614 bits per heavy atom.